The van der Waals surface area contributed by atoms with Crippen LogP contribution in [0.3, 0.4) is 0 Å². The van der Waals surface area contributed by atoms with Crippen LogP contribution in [0.25, 0.3) is 0 Å². The highest BCUT2D eigenvalue weighted by atomic mass is 32.1. The Morgan fingerprint density at radius 1 is 1.17 bits per heavy atom. The Morgan fingerprint density at radius 2 is 1.83 bits per heavy atom. The number of carbonyl (C=O) groups is 4. The topological polar surface area (TPSA) is 168 Å². The van der Waals surface area contributed by atoms with Gasteiger partial charge in [-0.05, 0) is 38.1 Å². The summed E-state index contributed by atoms with van der Waals surface area (Å²) in [4.78, 5) is 50.6. The summed E-state index contributed by atoms with van der Waals surface area (Å²) in [6, 6.07) is -3.53. The van der Waals surface area contributed by atoms with Crippen molar-refractivity contribution in [1.29, 1.82) is 0 Å². The van der Waals surface area contributed by atoms with Gasteiger partial charge in [0.2, 0.25) is 17.7 Å². The van der Waals surface area contributed by atoms with E-state index >= 15 is 0 Å². The molecule has 1 heterocycles. The summed E-state index contributed by atoms with van der Waals surface area (Å²) in [6.07, 6.45) is 2.89. The van der Waals surface area contributed by atoms with Gasteiger partial charge in [-0.25, -0.2) is 4.79 Å². The summed E-state index contributed by atoms with van der Waals surface area (Å²) in [5.41, 5.74) is 11.3. The molecule has 4 atom stereocenters. The van der Waals surface area contributed by atoms with E-state index in [9.17, 15) is 24.3 Å². The molecule has 172 valence electrons. The second kappa shape index (κ2) is 12.8. The summed E-state index contributed by atoms with van der Waals surface area (Å²) in [5.74, 6) is -2.78. The van der Waals surface area contributed by atoms with Gasteiger partial charge < -0.3 is 32.1 Å². The van der Waals surface area contributed by atoms with E-state index in [0.717, 1.165) is 6.42 Å². The fourth-order valence-electron chi connectivity index (χ4n) is 3.37. The summed E-state index contributed by atoms with van der Waals surface area (Å²) < 4.78 is 0. The van der Waals surface area contributed by atoms with Crippen molar-refractivity contribution in [2.75, 3.05) is 18.8 Å². The van der Waals surface area contributed by atoms with E-state index in [1.165, 1.54) is 4.90 Å². The molecule has 3 amide bonds. The highest BCUT2D eigenvalue weighted by molar-refractivity contribution is 7.80. The molecule has 0 radical (unpaired) electrons. The van der Waals surface area contributed by atoms with Crippen LogP contribution in [-0.2, 0) is 19.2 Å². The molecular formula is C19H35N5O5S. The second-order valence-electron chi connectivity index (χ2n) is 7.89. The molecule has 11 heteroatoms. The highest BCUT2D eigenvalue weighted by Gasteiger charge is 2.38. The number of carboxylic acids is 1. The number of likely N-dealkylation sites (tertiary alicyclic amines) is 1. The first-order valence-corrected chi connectivity index (χ1v) is 11.0. The van der Waals surface area contributed by atoms with Crippen LogP contribution in [-0.4, -0.2) is 76.7 Å². The van der Waals surface area contributed by atoms with Crippen LogP contribution in [0.4, 0.5) is 0 Å². The number of nitrogens with one attached hydrogen (secondary N) is 2. The first-order chi connectivity index (χ1) is 14.1. The summed E-state index contributed by atoms with van der Waals surface area (Å²) >= 11 is 4.15. The molecule has 0 spiro atoms. The molecule has 1 aliphatic rings. The smallest absolute Gasteiger partial charge is 0.326 e. The van der Waals surface area contributed by atoms with Gasteiger partial charge in [-0.2, -0.15) is 12.6 Å². The molecule has 1 aliphatic heterocycles. The van der Waals surface area contributed by atoms with Crippen molar-refractivity contribution >= 4 is 36.3 Å². The standard InChI is InChI=1S/C19H35N5O5S/c1-11(2)15(23-16(25)12(21)6-3-4-8-20)17(26)22-13(10-30)18(27)24-9-5-7-14(24)19(28)29/h11-15,30H,3-10,20-21H2,1-2H3,(H,22,26)(H,23,25)(H,28,29). The van der Waals surface area contributed by atoms with Crippen LogP contribution in [0, 0.1) is 5.92 Å². The maximum Gasteiger partial charge on any atom is 0.326 e. The largest absolute Gasteiger partial charge is 0.480 e. The highest BCUT2D eigenvalue weighted by Crippen LogP contribution is 2.19. The summed E-state index contributed by atoms with van der Waals surface area (Å²) in [6.45, 7) is 4.37. The number of aliphatic carboxylic acids is 1. The van der Waals surface area contributed by atoms with Gasteiger partial charge in [0.05, 0.1) is 6.04 Å². The predicted octanol–water partition coefficient (Wildman–Crippen LogP) is -0.926. The SMILES string of the molecule is CC(C)C(NC(=O)C(N)CCCCN)C(=O)NC(CS)C(=O)N1CCCC1C(=O)O. The molecule has 1 saturated heterocycles. The van der Waals surface area contributed by atoms with Crippen LogP contribution < -0.4 is 22.1 Å². The van der Waals surface area contributed by atoms with Crippen molar-refractivity contribution in [2.24, 2.45) is 17.4 Å². The number of nitrogens with two attached hydrogens (primary N) is 2. The third-order valence-corrected chi connectivity index (χ3v) is 5.54. The number of carbonyl (C=O) groups excluding carboxylic acids is 3. The lowest BCUT2D eigenvalue weighted by molar-refractivity contribution is -0.149. The lowest BCUT2D eigenvalue weighted by atomic mass is 10.0. The molecule has 0 aliphatic carbocycles. The molecule has 0 aromatic rings. The van der Waals surface area contributed by atoms with Crippen LogP contribution in [0.1, 0.15) is 46.0 Å². The Bertz CT molecular complexity index is 618. The zero-order valence-electron chi connectivity index (χ0n) is 17.7. The monoisotopic (exact) mass is 445 g/mol. The number of hydrogen-bond donors (Lipinski definition) is 6. The lowest BCUT2D eigenvalue weighted by Gasteiger charge is -2.29. The average Bonchev–Trinajstić information content (AvgIpc) is 3.19. The Labute approximate surface area is 182 Å². The van der Waals surface area contributed by atoms with Crippen molar-refractivity contribution < 1.29 is 24.3 Å². The quantitative estimate of drug-likeness (QED) is 0.167. The molecule has 0 aromatic carbocycles. The first-order valence-electron chi connectivity index (χ1n) is 10.3. The minimum Gasteiger partial charge on any atom is -0.480 e. The zero-order chi connectivity index (χ0) is 22.8. The number of nitrogens with zero attached hydrogens (tertiary/aromatic N) is 1. The van der Waals surface area contributed by atoms with Gasteiger partial charge in [0, 0.05) is 12.3 Å². The van der Waals surface area contributed by atoms with Gasteiger partial charge in [0.15, 0.2) is 0 Å². The zero-order valence-corrected chi connectivity index (χ0v) is 18.6. The number of amides is 3. The normalized spacial score (nSPS) is 19.3. The molecule has 0 bridgehead atoms. The summed E-state index contributed by atoms with van der Waals surface area (Å²) in [5, 5.41) is 14.6. The number of thiol groups is 1. The Morgan fingerprint density at radius 3 is 2.37 bits per heavy atom. The predicted molar refractivity (Wildman–Crippen MR) is 116 cm³/mol. The van der Waals surface area contributed by atoms with Crippen molar-refractivity contribution in [1.82, 2.24) is 15.5 Å². The van der Waals surface area contributed by atoms with E-state index in [1.54, 1.807) is 13.8 Å². The number of rotatable bonds is 12. The molecule has 0 saturated carbocycles. The van der Waals surface area contributed by atoms with Gasteiger partial charge in [0.25, 0.3) is 0 Å². The van der Waals surface area contributed by atoms with E-state index in [4.69, 9.17) is 11.5 Å². The Hall–Kier alpha value is -1.85. The Kier molecular flexibility index (Phi) is 11.1. The van der Waals surface area contributed by atoms with Crippen molar-refractivity contribution in [2.45, 2.75) is 70.1 Å². The average molecular weight is 446 g/mol. The molecule has 4 unspecified atom stereocenters. The number of unbranched alkanes of at least 4 members (excludes halogenated alkanes) is 1. The fourth-order valence-corrected chi connectivity index (χ4v) is 3.62. The molecule has 30 heavy (non-hydrogen) atoms. The van der Waals surface area contributed by atoms with Gasteiger partial charge >= 0.3 is 5.97 Å². The lowest BCUT2D eigenvalue weighted by Crippen LogP contribution is -2.58. The van der Waals surface area contributed by atoms with Gasteiger partial charge in [-0.1, -0.05) is 20.3 Å². The van der Waals surface area contributed by atoms with E-state index < -0.39 is 47.9 Å². The van der Waals surface area contributed by atoms with Crippen LogP contribution in [0.5, 0.6) is 0 Å². The fraction of sp³-hybridized carbons (Fsp3) is 0.789. The minimum absolute atomic E-state index is 0.00474. The van der Waals surface area contributed by atoms with E-state index in [-0.39, 0.29) is 11.7 Å². The van der Waals surface area contributed by atoms with Crippen molar-refractivity contribution in [3.8, 4) is 0 Å². The van der Waals surface area contributed by atoms with Crippen molar-refractivity contribution in [3.63, 3.8) is 0 Å². The van der Waals surface area contributed by atoms with Crippen LogP contribution in [0.2, 0.25) is 0 Å². The number of hydrogen-bond acceptors (Lipinski definition) is 7. The maximum atomic E-state index is 12.8. The van der Waals surface area contributed by atoms with E-state index in [1.807, 2.05) is 0 Å². The molecule has 7 N–H and O–H groups in total. The van der Waals surface area contributed by atoms with Gasteiger partial charge in [-0.3, -0.25) is 14.4 Å². The van der Waals surface area contributed by atoms with E-state index in [2.05, 4.69) is 23.3 Å². The van der Waals surface area contributed by atoms with Crippen molar-refractivity contribution in [3.05, 3.63) is 0 Å². The first kappa shape index (κ1) is 26.2. The number of carboxylic acid groups (broad SMARTS) is 1. The second-order valence-corrected chi connectivity index (χ2v) is 8.26. The molecule has 0 aromatic heterocycles. The van der Waals surface area contributed by atoms with E-state index in [0.29, 0.717) is 38.8 Å². The van der Waals surface area contributed by atoms with Crippen LogP contribution >= 0.6 is 12.6 Å². The maximum absolute atomic E-state index is 12.8. The van der Waals surface area contributed by atoms with Gasteiger partial charge in [-0.15, -0.1) is 0 Å². The van der Waals surface area contributed by atoms with Gasteiger partial charge in [0.1, 0.15) is 18.1 Å². The molecule has 1 fully saturated rings. The molecular weight excluding hydrogens is 410 g/mol. The third kappa shape index (κ3) is 7.44. The minimum atomic E-state index is -1.07. The summed E-state index contributed by atoms with van der Waals surface area (Å²) in [7, 11) is 0. The Balaban J connectivity index is 2.77. The molecule has 10 nitrogen and oxygen atoms in total. The molecule has 1 rings (SSSR count). The van der Waals surface area contributed by atoms with Crippen LogP contribution in [0.15, 0.2) is 0 Å². The third-order valence-electron chi connectivity index (χ3n) is 5.17.